The molecular weight excluding hydrogens is 338 g/mol. The molecule has 0 radical (unpaired) electrons. The molecular formula is C23H23NO3. The van der Waals surface area contributed by atoms with Crippen molar-refractivity contribution in [1.82, 2.24) is 5.32 Å². The Kier molecular flexibility index (Phi) is 6.10. The number of carbonyl (C=O) groups is 1. The molecule has 0 aliphatic heterocycles. The molecule has 4 heteroatoms. The Morgan fingerprint density at radius 3 is 2.37 bits per heavy atom. The van der Waals surface area contributed by atoms with Gasteiger partial charge in [0.05, 0.1) is 14.2 Å². The molecule has 138 valence electrons. The van der Waals surface area contributed by atoms with Crippen LogP contribution in [0, 0.1) is 0 Å². The second kappa shape index (κ2) is 8.90. The summed E-state index contributed by atoms with van der Waals surface area (Å²) >= 11 is 0. The maximum absolute atomic E-state index is 12.1. The van der Waals surface area contributed by atoms with Gasteiger partial charge in [-0.3, -0.25) is 4.79 Å². The van der Waals surface area contributed by atoms with Crippen LogP contribution in [0.2, 0.25) is 0 Å². The minimum atomic E-state index is -0.108. The average molecular weight is 361 g/mol. The van der Waals surface area contributed by atoms with Crippen LogP contribution in [0.4, 0.5) is 0 Å². The van der Waals surface area contributed by atoms with Crippen molar-refractivity contribution in [2.45, 2.75) is 6.42 Å². The number of hydrogen-bond acceptors (Lipinski definition) is 3. The van der Waals surface area contributed by atoms with E-state index in [2.05, 4.69) is 5.32 Å². The Morgan fingerprint density at radius 1 is 0.926 bits per heavy atom. The summed E-state index contributed by atoms with van der Waals surface area (Å²) in [6.45, 7) is 0.582. The third kappa shape index (κ3) is 4.67. The zero-order valence-electron chi connectivity index (χ0n) is 15.6. The number of methoxy groups -OCH3 is 2. The van der Waals surface area contributed by atoms with Crippen LogP contribution in [0.15, 0.2) is 66.7 Å². The molecule has 0 aromatic heterocycles. The smallest absolute Gasteiger partial charge is 0.244 e. The van der Waals surface area contributed by atoms with Crippen molar-refractivity contribution in [2.24, 2.45) is 0 Å². The number of benzene rings is 3. The summed E-state index contributed by atoms with van der Waals surface area (Å²) in [5.74, 6) is 1.55. The van der Waals surface area contributed by atoms with Gasteiger partial charge in [-0.25, -0.2) is 0 Å². The summed E-state index contributed by atoms with van der Waals surface area (Å²) in [6, 6.07) is 19.7. The van der Waals surface area contributed by atoms with Gasteiger partial charge in [-0.15, -0.1) is 0 Å². The zero-order valence-corrected chi connectivity index (χ0v) is 15.6. The van der Waals surface area contributed by atoms with Crippen molar-refractivity contribution >= 4 is 22.8 Å². The summed E-state index contributed by atoms with van der Waals surface area (Å²) < 4.78 is 10.6. The molecule has 3 aromatic carbocycles. The van der Waals surface area contributed by atoms with Gasteiger partial charge in [-0.1, -0.05) is 42.5 Å². The van der Waals surface area contributed by atoms with Crippen LogP contribution in [0.25, 0.3) is 16.8 Å². The molecule has 0 atom stereocenters. The molecule has 0 fully saturated rings. The van der Waals surface area contributed by atoms with Crippen molar-refractivity contribution in [1.29, 1.82) is 0 Å². The van der Waals surface area contributed by atoms with Crippen LogP contribution in [0.5, 0.6) is 11.5 Å². The third-order valence-electron chi connectivity index (χ3n) is 4.42. The lowest BCUT2D eigenvalue weighted by Gasteiger charge is -2.08. The van der Waals surface area contributed by atoms with Gasteiger partial charge < -0.3 is 14.8 Å². The van der Waals surface area contributed by atoms with E-state index in [1.165, 1.54) is 0 Å². The quantitative estimate of drug-likeness (QED) is 0.641. The van der Waals surface area contributed by atoms with Gasteiger partial charge in [0.25, 0.3) is 0 Å². The van der Waals surface area contributed by atoms with Crippen molar-refractivity contribution < 1.29 is 14.3 Å². The van der Waals surface area contributed by atoms with E-state index in [9.17, 15) is 4.79 Å². The molecule has 3 aromatic rings. The number of amides is 1. The first-order chi connectivity index (χ1) is 13.2. The molecule has 0 aliphatic rings. The van der Waals surface area contributed by atoms with Gasteiger partial charge in [0, 0.05) is 18.0 Å². The molecule has 4 nitrogen and oxygen atoms in total. The number of rotatable bonds is 7. The van der Waals surface area contributed by atoms with Crippen molar-refractivity contribution in [3.63, 3.8) is 0 Å². The SMILES string of the molecule is COc1ccc(CCNC(=O)/C=C/c2ccc(OC)c3ccccc23)cc1. The lowest BCUT2D eigenvalue weighted by atomic mass is 10.0. The number of fused-ring (bicyclic) bond motifs is 1. The standard InChI is InChI=1S/C23H23NO3/c1-26-19-11-7-17(8-12-19)15-16-24-23(25)14-10-18-9-13-22(27-2)21-6-4-3-5-20(18)21/h3-14H,15-16H2,1-2H3,(H,24,25)/b14-10+. The van der Waals surface area contributed by atoms with Crippen LogP contribution < -0.4 is 14.8 Å². The first-order valence-corrected chi connectivity index (χ1v) is 8.86. The van der Waals surface area contributed by atoms with Gasteiger partial charge >= 0.3 is 0 Å². The number of ether oxygens (including phenoxy) is 2. The normalized spacial score (nSPS) is 10.9. The molecule has 0 saturated heterocycles. The lowest BCUT2D eigenvalue weighted by molar-refractivity contribution is -0.116. The predicted molar refractivity (Wildman–Crippen MR) is 109 cm³/mol. The molecule has 0 spiro atoms. The molecule has 27 heavy (non-hydrogen) atoms. The summed E-state index contributed by atoms with van der Waals surface area (Å²) in [5, 5.41) is 5.00. The van der Waals surface area contributed by atoms with Crippen LogP contribution in [-0.2, 0) is 11.2 Å². The second-order valence-electron chi connectivity index (χ2n) is 6.13. The summed E-state index contributed by atoms with van der Waals surface area (Å²) in [5.41, 5.74) is 2.14. The fourth-order valence-electron chi connectivity index (χ4n) is 2.96. The van der Waals surface area contributed by atoms with Crippen molar-refractivity contribution in [3.05, 3.63) is 77.9 Å². The van der Waals surface area contributed by atoms with Crippen LogP contribution in [0.1, 0.15) is 11.1 Å². The van der Waals surface area contributed by atoms with E-state index >= 15 is 0 Å². The Bertz CT molecular complexity index is 945. The minimum absolute atomic E-state index is 0.108. The third-order valence-corrected chi connectivity index (χ3v) is 4.42. The first kappa shape index (κ1) is 18.5. The largest absolute Gasteiger partial charge is 0.497 e. The van der Waals surface area contributed by atoms with Gasteiger partial charge in [0.2, 0.25) is 5.91 Å². The average Bonchev–Trinajstić information content (AvgIpc) is 2.72. The number of hydrogen-bond donors (Lipinski definition) is 1. The van der Waals surface area contributed by atoms with E-state index in [-0.39, 0.29) is 5.91 Å². The Balaban J connectivity index is 1.60. The monoisotopic (exact) mass is 361 g/mol. The fraction of sp³-hybridized carbons (Fsp3) is 0.174. The summed E-state index contributed by atoms with van der Waals surface area (Å²) in [6.07, 6.45) is 4.18. The summed E-state index contributed by atoms with van der Waals surface area (Å²) in [7, 11) is 3.31. The Hall–Kier alpha value is -3.27. The molecule has 3 rings (SSSR count). The molecule has 0 heterocycles. The van der Waals surface area contributed by atoms with E-state index in [1.54, 1.807) is 20.3 Å². The second-order valence-corrected chi connectivity index (χ2v) is 6.13. The van der Waals surface area contributed by atoms with Crippen molar-refractivity contribution in [2.75, 3.05) is 20.8 Å². The van der Waals surface area contributed by atoms with E-state index in [0.29, 0.717) is 6.54 Å². The number of nitrogens with one attached hydrogen (secondary N) is 1. The van der Waals surface area contributed by atoms with Gasteiger partial charge in [-0.2, -0.15) is 0 Å². The van der Waals surface area contributed by atoms with Gasteiger partial charge in [0.1, 0.15) is 11.5 Å². The van der Waals surface area contributed by atoms with Crippen LogP contribution >= 0.6 is 0 Å². The lowest BCUT2D eigenvalue weighted by Crippen LogP contribution is -2.23. The molecule has 1 N–H and O–H groups in total. The highest BCUT2D eigenvalue weighted by molar-refractivity contribution is 5.98. The molecule has 0 aliphatic carbocycles. The molecule has 1 amide bonds. The highest BCUT2D eigenvalue weighted by atomic mass is 16.5. The predicted octanol–water partition coefficient (Wildman–Crippen LogP) is 4.23. The van der Waals surface area contributed by atoms with E-state index < -0.39 is 0 Å². The highest BCUT2D eigenvalue weighted by Gasteiger charge is 2.04. The maximum atomic E-state index is 12.1. The topological polar surface area (TPSA) is 47.6 Å². The van der Waals surface area contributed by atoms with E-state index in [1.807, 2.05) is 66.7 Å². The molecule has 0 saturated carbocycles. The van der Waals surface area contributed by atoms with Gasteiger partial charge in [0.15, 0.2) is 0 Å². The Morgan fingerprint density at radius 2 is 1.67 bits per heavy atom. The Labute approximate surface area is 159 Å². The van der Waals surface area contributed by atoms with Gasteiger partial charge in [-0.05, 0) is 47.2 Å². The number of carbonyl (C=O) groups excluding carboxylic acids is 1. The first-order valence-electron chi connectivity index (χ1n) is 8.86. The van der Waals surface area contributed by atoms with E-state index in [4.69, 9.17) is 9.47 Å². The fourth-order valence-corrected chi connectivity index (χ4v) is 2.96. The maximum Gasteiger partial charge on any atom is 0.244 e. The minimum Gasteiger partial charge on any atom is -0.497 e. The molecule has 0 unspecified atom stereocenters. The van der Waals surface area contributed by atoms with Crippen molar-refractivity contribution in [3.8, 4) is 11.5 Å². The van der Waals surface area contributed by atoms with Crippen LogP contribution in [0.3, 0.4) is 0 Å². The zero-order chi connectivity index (χ0) is 19.1. The van der Waals surface area contributed by atoms with Crippen LogP contribution in [-0.4, -0.2) is 26.7 Å². The molecule has 0 bridgehead atoms. The summed E-state index contributed by atoms with van der Waals surface area (Å²) in [4.78, 5) is 12.1. The highest BCUT2D eigenvalue weighted by Crippen LogP contribution is 2.28. The van der Waals surface area contributed by atoms with E-state index in [0.717, 1.165) is 39.8 Å².